The van der Waals surface area contributed by atoms with E-state index in [-0.39, 0.29) is 30.3 Å². The molecule has 0 radical (unpaired) electrons. The highest BCUT2D eigenvalue weighted by Crippen LogP contribution is 2.36. The van der Waals surface area contributed by atoms with Crippen LogP contribution < -0.4 is 10.8 Å². The van der Waals surface area contributed by atoms with Crippen LogP contribution in [0.15, 0.2) is 30.3 Å². The average molecular weight is 429 g/mol. The lowest BCUT2D eigenvalue weighted by molar-refractivity contribution is -0.157. The van der Waals surface area contributed by atoms with Gasteiger partial charge in [0.2, 0.25) is 0 Å². The maximum Gasteiger partial charge on any atom is 0.494 e. The predicted molar refractivity (Wildman–Crippen MR) is 128 cm³/mol. The minimum atomic E-state index is -0.483. The fraction of sp³-hybridized carbons (Fsp3) is 0.640. The Morgan fingerprint density at radius 1 is 1.10 bits per heavy atom. The molecule has 0 amide bonds. The normalized spacial score (nSPS) is 19.2. The third kappa shape index (κ3) is 7.48. The Balaban J connectivity index is 1.92. The number of hydrogen-bond donors (Lipinski definition) is 1. The number of nitrogens with one attached hydrogen (secondary N) is 1. The van der Waals surface area contributed by atoms with Gasteiger partial charge in [0.25, 0.3) is 0 Å². The minimum absolute atomic E-state index is 0.193. The maximum absolute atomic E-state index is 12.5. The SMILES string of the molecule is CC(C)C[C@@H](NC/C=C/c1ccc(B2OC(C)(C)C(C)(C)O2)cc1)C(=O)OC(C)(C)C. The summed E-state index contributed by atoms with van der Waals surface area (Å²) in [6, 6.07) is 7.87. The monoisotopic (exact) mass is 429 g/mol. The van der Waals surface area contributed by atoms with Gasteiger partial charge in [0.1, 0.15) is 11.6 Å². The van der Waals surface area contributed by atoms with E-state index in [4.69, 9.17) is 14.0 Å². The van der Waals surface area contributed by atoms with Crippen molar-refractivity contribution in [1.29, 1.82) is 0 Å². The number of carbonyl (C=O) groups is 1. The molecule has 1 aliphatic rings. The van der Waals surface area contributed by atoms with Gasteiger partial charge in [-0.15, -0.1) is 0 Å². The summed E-state index contributed by atoms with van der Waals surface area (Å²) in [4.78, 5) is 12.5. The zero-order valence-corrected chi connectivity index (χ0v) is 20.7. The summed E-state index contributed by atoms with van der Waals surface area (Å²) in [5.41, 5.74) is 0.920. The molecule has 2 rings (SSSR count). The van der Waals surface area contributed by atoms with Gasteiger partial charge in [-0.3, -0.25) is 4.79 Å². The van der Waals surface area contributed by atoms with Crippen molar-refractivity contribution in [2.24, 2.45) is 5.92 Å². The molecule has 172 valence electrons. The van der Waals surface area contributed by atoms with Gasteiger partial charge in [-0.1, -0.05) is 50.3 Å². The smallest absolute Gasteiger partial charge is 0.459 e. The molecule has 1 aliphatic heterocycles. The van der Waals surface area contributed by atoms with Gasteiger partial charge in [0, 0.05) is 6.54 Å². The van der Waals surface area contributed by atoms with E-state index in [2.05, 4.69) is 59.0 Å². The second kappa shape index (κ2) is 9.89. The van der Waals surface area contributed by atoms with E-state index in [9.17, 15) is 4.79 Å². The Bertz CT molecular complexity index is 747. The molecular weight excluding hydrogens is 389 g/mol. The summed E-state index contributed by atoms with van der Waals surface area (Å²) in [5, 5.41) is 3.32. The Morgan fingerprint density at radius 3 is 2.13 bits per heavy atom. The zero-order valence-electron chi connectivity index (χ0n) is 20.7. The zero-order chi connectivity index (χ0) is 23.4. The van der Waals surface area contributed by atoms with Gasteiger partial charge < -0.3 is 19.4 Å². The molecule has 1 aromatic carbocycles. The first-order chi connectivity index (χ1) is 14.2. The van der Waals surface area contributed by atoms with Crippen molar-refractivity contribution in [3.63, 3.8) is 0 Å². The number of rotatable bonds is 8. The molecule has 0 saturated carbocycles. The fourth-order valence-electron chi connectivity index (χ4n) is 3.26. The highest BCUT2D eigenvalue weighted by atomic mass is 16.7. The molecule has 0 aromatic heterocycles. The predicted octanol–water partition coefficient (Wildman–Crippen LogP) is 4.35. The summed E-state index contributed by atoms with van der Waals surface area (Å²) in [7, 11) is -0.352. The van der Waals surface area contributed by atoms with E-state index < -0.39 is 5.60 Å². The summed E-state index contributed by atoms with van der Waals surface area (Å²) < 4.78 is 17.8. The first kappa shape index (κ1) is 25.6. The molecule has 0 bridgehead atoms. The molecular formula is C25H40BNO4. The average Bonchev–Trinajstić information content (AvgIpc) is 2.84. The van der Waals surface area contributed by atoms with Crippen LogP contribution in [-0.4, -0.2) is 42.5 Å². The molecule has 6 heteroatoms. The van der Waals surface area contributed by atoms with Crippen LogP contribution in [0.5, 0.6) is 0 Å². The fourth-order valence-corrected chi connectivity index (χ4v) is 3.26. The van der Waals surface area contributed by atoms with Crippen molar-refractivity contribution in [2.75, 3.05) is 6.54 Å². The number of esters is 1. The second-order valence-electron chi connectivity index (χ2n) is 10.8. The molecule has 1 saturated heterocycles. The molecule has 1 atom stereocenters. The van der Waals surface area contributed by atoms with Crippen LogP contribution in [0.2, 0.25) is 0 Å². The molecule has 5 nitrogen and oxygen atoms in total. The van der Waals surface area contributed by atoms with E-state index in [0.717, 1.165) is 17.4 Å². The van der Waals surface area contributed by atoms with E-state index >= 15 is 0 Å². The third-order valence-corrected chi connectivity index (χ3v) is 5.65. The van der Waals surface area contributed by atoms with E-state index in [1.807, 2.05) is 45.1 Å². The summed E-state index contributed by atoms with van der Waals surface area (Å²) in [6.07, 6.45) is 4.82. The van der Waals surface area contributed by atoms with Gasteiger partial charge in [-0.05, 0) is 71.8 Å². The van der Waals surface area contributed by atoms with Crippen LogP contribution >= 0.6 is 0 Å². The number of benzene rings is 1. The van der Waals surface area contributed by atoms with E-state index in [0.29, 0.717) is 12.5 Å². The van der Waals surface area contributed by atoms with Gasteiger partial charge in [-0.25, -0.2) is 0 Å². The van der Waals surface area contributed by atoms with E-state index in [1.54, 1.807) is 0 Å². The molecule has 0 unspecified atom stereocenters. The molecule has 31 heavy (non-hydrogen) atoms. The Kier molecular flexibility index (Phi) is 8.18. The van der Waals surface area contributed by atoms with Crippen molar-refractivity contribution in [3.8, 4) is 0 Å². The summed E-state index contributed by atoms with van der Waals surface area (Å²) in [6.45, 7) is 18.7. The van der Waals surface area contributed by atoms with Crippen LogP contribution in [0, 0.1) is 5.92 Å². The lowest BCUT2D eigenvalue weighted by Gasteiger charge is -2.32. The maximum atomic E-state index is 12.5. The van der Waals surface area contributed by atoms with Gasteiger partial charge >= 0.3 is 13.1 Å². The van der Waals surface area contributed by atoms with Gasteiger partial charge in [-0.2, -0.15) is 0 Å². The number of ether oxygens (including phenoxy) is 1. The highest BCUT2D eigenvalue weighted by molar-refractivity contribution is 6.62. The van der Waals surface area contributed by atoms with Crippen LogP contribution in [0.4, 0.5) is 0 Å². The lowest BCUT2D eigenvalue weighted by Crippen LogP contribution is -2.42. The van der Waals surface area contributed by atoms with Crippen molar-refractivity contribution in [3.05, 3.63) is 35.9 Å². The van der Waals surface area contributed by atoms with Crippen molar-refractivity contribution >= 4 is 24.6 Å². The Hall–Kier alpha value is -1.63. The molecule has 0 spiro atoms. The number of hydrogen-bond acceptors (Lipinski definition) is 5. The quantitative estimate of drug-likeness (QED) is 0.492. The third-order valence-electron chi connectivity index (χ3n) is 5.65. The van der Waals surface area contributed by atoms with Gasteiger partial charge in [0.05, 0.1) is 11.2 Å². The molecule has 1 N–H and O–H groups in total. The van der Waals surface area contributed by atoms with Crippen LogP contribution in [0.25, 0.3) is 6.08 Å². The summed E-state index contributed by atoms with van der Waals surface area (Å²) >= 11 is 0. The van der Waals surface area contributed by atoms with Crippen LogP contribution in [-0.2, 0) is 18.8 Å². The first-order valence-corrected chi connectivity index (χ1v) is 11.3. The Labute approximate surface area is 189 Å². The second-order valence-corrected chi connectivity index (χ2v) is 10.8. The van der Waals surface area contributed by atoms with Crippen LogP contribution in [0.1, 0.15) is 74.3 Å². The van der Waals surface area contributed by atoms with E-state index in [1.165, 1.54) is 0 Å². The molecule has 0 aliphatic carbocycles. The molecule has 1 heterocycles. The first-order valence-electron chi connectivity index (χ1n) is 11.3. The van der Waals surface area contributed by atoms with Crippen molar-refractivity contribution in [1.82, 2.24) is 5.32 Å². The van der Waals surface area contributed by atoms with Crippen LogP contribution in [0.3, 0.4) is 0 Å². The summed E-state index contributed by atoms with van der Waals surface area (Å²) in [5.74, 6) is 0.206. The van der Waals surface area contributed by atoms with Gasteiger partial charge in [0.15, 0.2) is 0 Å². The largest absolute Gasteiger partial charge is 0.494 e. The minimum Gasteiger partial charge on any atom is -0.459 e. The Morgan fingerprint density at radius 2 is 1.65 bits per heavy atom. The lowest BCUT2D eigenvalue weighted by atomic mass is 9.79. The number of carbonyl (C=O) groups excluding carboxylic acids is 1. The van der Waals surface area contributed by atoms with Crippen molar-refractivity contribution in [2.45, 2.75) is 91.6 Å². The molecule has 1 aromatic rings. The molecule has 1 fully saturated rings. The topological polar surface area (TPSA) is 56.8 Å². The highest BCUT2D eigenvalue weighted by Gasteiger charge is 2.51. The van der Waals surface area contributed by atoms with Crippen molar-refractivity contribution < 1.29 is 18.8 Å². The standard InChI is InChI=1S/C25H40BNO4/c1-18(2)17-21(22(28)29-23(3,4)5)27-16-10-11-19-12-14-20(15-13-19)26-30-24(6,7)25(8,9)31-26/h10-15,18,21,27H,16-17H2,1-9H3/b11-10+/t21-/m1/s1.